The maximum absolute atomic E-state index is 9.49. The summed E-state index contributed by atoms with van der Waals surface area (Å²) < 4.78 is 6.51. The van der Waals surface area contributed by atoms with Gasteiger partial charge in [-0.2, -0.15) is 5.26 Å². The molecule has 5 heteroatoms. The Kier molecular flexibility index (Phi) is 6.29. The van der Waals surface area contributed by atoms with Crippen LogP contribution in [0.25, 0.3) is 11.6 Å². The lowest BCUT2D eigenvalue weighted by atomic mass is 10.0. The van der Waals surface area contributed by atoms with Gasteiger partial charge in [0.05, 0.1) is 16.7 Å². The molecule has 0 heterocycles. The summed E-state index contributed by atoms with van der Waals surface area (Å²) in [5, 5.41) is 10.4. The molecule has 116 valence electrons. The molecular weight excluding hydrogens is 397 g/mol. The second-order valence-electron chi connectivity index (χ2n) is 4.58. The lowest BCUT2D eigenvalue weighted by Crippen LogP contribution is -1.95. The molecule has 0 unspecified atom stereocenters. The van der Waals surface area contributed by atoms with E-state index in [4.69, 9.17) is 27.9 Å². The maximum Gasteiger partial charge on any atom is 0.127 e. The molecular formula is C18H12BrCl2NO. The molecule has 0 fully saturated rings. The molecule has 23 heavy (non-hydrogen) atoms. The second kappa shape index (κ2) is 8.21. The summed E-state index contributed by atoms with van der Waals surface area (Å²) in [6, 6.07) is 12.8. The molecule has 0 saturated heterocycles. The number of hydrogen-bond acceptors (Lipinski definition) is 2. The number of benzene rings is 2. The van der Waals surface area contributed by atoms with Crippen LogP contribution < -0.4 is 4.74 Å². The van der Waals surface area contributed by atoms with Crippen LogP contribution in [-0.4, -0.2) is 6.61 Å². The average molecular weight is 409 g/mol. The minimum absolute atomic E-state index is 0.381. The zero-order valence-electron chi connectivity index (χ0n) is 12.0. The predicted molar refractivity (Wildman–Crippen MR) is 99.8 cm³/mol. The summed E-state index contributed by atoms with van der Waals surface area (Å²) in [5.74, 6) is 0.658. The summed E-state index contributed by atoms with van der Waals surface area (Å²) in [5.41, 5.74) is 1.81. The highest BCUT2D eigenvalue weighted by atomic mass is 79.9. The minimum Gasteiger partial charge on any atom is -0.489 e. The van der Waals surface area contributed by atoms with E-state index in [-0.39, 0.29) is 0 Å². The average Bonchev–Trinajstić information content (AvgIpc) is 2.52. The van der Waals surface area contributed by atoms with Crippen molar-refractivity contribution in [3.8, 4) is 11.8 Å². The van der Waals surface area contributed by atoms with Gasteiger partial charge >= 0.3 is 0 Å². The molecule has 2 aromatic carbocycles. The molecule has 0 N–H and O–H groups in total. The minimum atomic E-state index is 0.381. The van der Waals surface area contributed by atoms with E-state index in [0.29, 0.717) is 33.5 Å². The van der Waals surface area contributed by atoms with Gasteiger partial charge < -0.3 is 4.74 Å². The Morgan fingerprint density at radius 1 is 1.26 bits per heavy atom. The number of hydrogen-bond donors (Lipinski definition) is 0. The van der Waals surface area contributed by atoms with E-state index in [9.17, 15) is 5.26 Å². The van der Waals surface area contributed by atoms with E-state index >= 15 is 0 Å². The van der Waals surface area contributed by atoms with Crippen LogP contribution in [0.1, 0.15) is 11.1 Å². The van der Waals surface area contributed by atoms with Crippen molar-refractivity contribution >= 4 is 50.8 Å². The quantitative estimate of drug-likeness (QED) is 0.326. The maximum atomic E-state index is 9.49. The summed E-state index contributed by atoms with van der Waals surface area (Å²) in [6.07, 6.45) is 3.40. The molecule has 0 aliphatic heterocycles. The molecule has 0 aromatic heterocycles. The first kappa shape index (κ1) is 17.6. The van der Waals surface area contributed by atoms with Crippen LogP contribution in [0.2, 0.25) is 10.0 Å². The van der Waals surface area contributed by atoms with Crippen molar-refractivity contribution in [1.82, 2.24) is 0 Å². The van der Waals surface area contributed by atoms with Crippen LogP contribution in [0.4, 0.5) is 0 Å². The van der Waals surface area contributed by atoms with Crippen LogP contribution in [0.3, 0.4) is 0 Å². The molecule has 0 saturated carbocycles. The van der Waals surface area contributed by atoms with Crippen molar-refractivity contribution in [2.75, 3.05) is 6.61 Å². The Labute approximate surface area is 153 Å². The topological polar surface area (TPSA) is 33.0 Å². The zero-order valence-corrected chi connectivity index (χ0v) is 15.1. The van der Waals surface area contributed by atoms with Crippen LogP contribution in [0, 0.1) is 11.3 Å². The molecule has 0 amide bonds. The molecule has 2 rings (SSSR count). The van der Waals surface area contributed by atoms with Crippen LogP contribution >= 0.6 is 39.1 Å². The van der Waals surface area contributed by atoms with Gasteiger partial charge in [-0.05, 0) is 36.4 Å². The second-order valence-corrected chi connectivity index (χ2v) is 6.34. The monoisotopic (exact) mass is 407 g/mol. The van der Waals surface area contributed by atoms with Crippen molar-refractivity contribution in [2.24, 2.45) is 0 Å². The van der Waals surface area contributed by atoms with Crippen molar-refractivity contribution in [1.29, 1.82) is 5.26 Å². The molecule has 0 bridgehead atoms. The van der Waals surface area contributed by atoms with Crippen LogP contribution in [0.15, 0.2) is 53.5 Å². The third kappa shape index (κ3) is 4.62. The normalized spacial score (nSPS) is 11.0. The van der Waals surface area contributed by atoms with Crippen LogP contribution in [-0.2, 0) is 0 Å². The highest BCUT2D eigenvalue weighted by Crippen LogP contribution is 2.31. The molecule has 0 atom stereocenters. The summed E-state index contributed by atoms with van der Waals surface area (Å²) >= 11 is 15.5. The Morgan fingerprint density at radius 3 is 2.70 bits per heavy atom. The van der Waals surface area contributed by atoms with Gasteiger partial charge in [-0.3, -0.25) is 0 Å². The van der Waals surface area contributed by atoms with Crippen molar-refractivity contribution in [3.05, 3.63) is 74.7 Å². The molecule has 2 nitrogen and oxygen atoms in total. The first-order valence-corrected chi connectivity index (χ1v) is 8.20. The zero-order chi connectivity index (χ0) is 16.8. The number of rotatable bonds is 5. The van der Waals surface area contributed by atoms with Gasteiger partial charge in [0.1, 0.15) is 12.4 Å². The predicted octanol–water partition coefficient (Wildman–Crippen LogP) is 6.38. The Balaban J connectivity index is 2.51. The number of allylic oxidation sites excluding steroid dienone is 1. The number of nitrogens with zero attached hydrogens (tertiary/aromatic N) is 1. The number of ether oxygens (including phenoxy) is 1. The van der Waals surface area contributed by atoms with Crippen molar-refractivity contribution in [2.45, 2.75) is 0 Å². The van der Waals surface area contributed by atoms with Crippen molar-refractivity contribution < 1.29 is 4.74 Å². The first-order chi connectivity index (χ1) is 11.0. The van der Waals surface area contributed by atoms with Gasteiger partial charge in [-0.1, -0.05) is 57.9 Å². The molecule has 2 aromatic rings. The van der Waals surface area contributed by atoms with E-state index in [1.165, 1.54) is 0 Å². The Bertz CT molecular complexity index is 809. The summed E-state index contributed by atoms with van der Waals surface area (Å²) in [4.78, 5) is 0. The summed E-state index contributed by atoms with van der Waals surface area (Å²) in [7, 11) is 0. The van der Waals surface area contributed by atoms with Gasteiger partial charge in [-0.25, -0.2) is 0 Å². The molecule has 0 spiro atoms. The first-order valence-electron chi connectivity index (χ1n) is 6.65. The van der Waals surface area contributed by atoms with E-state index in [2.05, 4.69) is 28.6 Å². The van der Waals surface area contributed by atoms with Gasteiger partial charge in [0, 0.05) is 20.6 Å². The van der Waals surface area contributed by atoms with E-state index in [0.717, 1.165) is 10.0 Å². The summed E-state index contributed by atoms with van der Waals surface area (Å²) in [6.45, 7) is 4.02. The van der Waals surface area contributed by atoms with E-state index in [1.807, 2.05) is 18.2 Å². The van der Waals surface area contributed by atoms with Crippen LogP contribution in [0.5, 0.6) is 5.75 Å². The standard InChI is InChI=1S/C18H12BrCl2NO/c1-2-7-23-18-6-3-14(19)9-12(18)8-13(11-22)16-5-4-15(20)10-17(16)21/h2-6,8-10H,1,7H2/b13-8+. The highest BCUT2D eigenvalue weighted by molar-refractivity contribution is 9.10. The van der Waals surface area contributed by atoms with Crippen molar-refractivity contribution in [3.63, 3.8) is 0 Å². The number of halogens is 3. The Morgan fingerprint density at radius 2 is 2.04 bits per heavy atom. The van der Waals surface area contributed by atoms with E-state index < -0.39 is 0 Å². The molecule has 0 radical (unpaired) electrons. The highest BCUT2D eigenvalue weighted by Gasteiger charge is 2.09. The third-order valence-electron chi connectivity index (χ3n) is 2.97. The fourth-order valence-electron chi connectivity index (χ4n) is 1.95. The smallest absolute Gasteiger partial charge is 0.127 e. The third-order valence-corrected chi connectivity index (χ3v) is 4.01. The lowest BCUT2D eigenvalue weighted by molar-refractivity contribution is 0.362. The molecule has 0 aliphatic rings. The Hall–Kier alpha value is -1.73. The van der Waals surface area contributed by atoms with Gasteiger partial charge in [0.25, 0.3) is 0 Å². The van der Waals surface area contributed by atoms with Gasteiger partial charge in [0.15, 0.2) is 0 Å². The fraction of sp³-hybridized carbons (Fsp3) is 0.0556. The lowest BCUT2D eigenvalue weighted by Gasteiger charge is -2.09. The van der Waals surface area contributed by atoms with Gasteiger partial charge in [-0.15, -0.1) is 0 Å². The fourth-order valence-corrected chi connectivity index (χ4v) is 2.84. The largest absolute Gasteiger partial charge is 0.489 e. The number of nitriles is 1. The van der Waals surface area contributed by atoms with Gasteiger partial charge in [0.2, 0.25) is 0 Å². The molecule has 0 aliphatic carbocycles. The van der Waals surface area contributed by atoms with E-state index in [1.54, 1.807) is 30.4 Å². The SMILES string of the molecule is C=CCOc1ccc(Br)cc1/C=C(\C#N)c1ccc(Cl)cc1Cl.